The number of nitrogens with two attached hydrogens (primary N) is 2. The molecule has 11 heavy (non-hydrogen) atoms. The van der Waals surface area contributed by atoms with Gasteiger partial charge in [-0.3, -0.25) is 10.3 Å². The van der Waals surface area contributed by atoms with Crippen LogP contribution in [0.25, 0.3) is 0 Å². The Kier molecular flexibility index (Phi) is 3.93. The van der Waals surface area contributed by atoms with Crippen LogP contribution in [0.3, 0.4) is 0 Å². The van der Waals surface area contributed by atoms with Gasteiger partial charge in [0, 0.05) is 0 Å². The summed E-state index contributed by atoms with van der Waals surface area (Å²) in [5.74, 6) is -0.670. The molecule has 0 atom stereocenters. The Labute approximate surface area is 63.4 Å². The molecule has 0 saturated carbocycles. The fourth-order valence-corrected chi connectivity index (χ4v) is 0.372. The molecule has 0 amide bonds. The molecule has 7 heteroatoms. The number of aliphatic imine (C=N–C) groups is 1. The Morgan fingerprint density at radius 2 is 1.82 bits per heavy atom. The van der Waals surface area contributed by atoms with E-state index in [0.717, 1.165) is 4.90 Å². The Hall–Kier alpha value is -1.34. The van der Waals surface area contributed by atoms with Gasteiger partial charge in [-0.2, -0.15) is 4.99 Å². The molecule has 0 aliphatic heterocycles. The van der Waals surface area contributed by atoms with Gasteiger partial charge in [0.2, 0.25) is 5.96 Å². The maximum Gasteiger partial charge on any atom is 0.224 e. The van der Waals surface area contributed by atoms with Crippen molar-refractivity contribution in [2.45, 2.75) is 0 Å². The first-order valence-corrected chi connectivity index (χ1v) is 2.76. The van der Waals surface area contributed by atoms with E-state index < -0.39 is 13.5 Å². The molecule has 0 fully saturated rings. The minimum atomic E-state index is -0.508. The summed E-state index contributed by atoms with van der Waals surface area (Å²) in [5, 5.41) is 24.0. The van der Waals surface area contributed by atoms with E-state index in [-0.39, 0.29) is 11.9 Å². The van der Waals surface area contributed by atoms with Crippen molar-refractivity contribution in [3.8, 4) is 0 Å². The zero-order valence-electron chi connectivity index (χ0n) is 5.86. The molecule has 0 unspecified atom stereocenters. The van der Waals surface area contributed by atoms with Crippen LogP contribution < -0.4 is 11.5 Å². The molecule has 0 aromatic carbocycles. The van der Waals surface area contributed by atoms with Crippen molar-refractivity contribution in [2.24, 2.45) is 16.5 Å². The van der Waals surface area contributed by atoms with Crippen LogP contribution in [0.5, 0.6) is 0 Å². The molecule has 0 aromatic heterocycles. The smallest absolute Gasteiger partial charge is 0.224 e. The first-order chi connectivity index (χ1) is 5.11. The van der Waals surface area contributed by atoms with Gasteiger partial charge in [0.25, 0.3) is 0 Å². The molecule has 0 aromatic rings. The Bertz CT molecular complexity index is 160. The standard InChI is InChI=1S/C4H11N5O2/c5-3(6)8-4(7)9(1-10)2-11/h10-11H,1-2H2,(H5,5,6,7,8). The predicted molar refractivity (Wildman–Crippen MR) is 39.5 cm³/mol. The first kappa shape index (κ1) is 9.66. The van der Waals surface area contributed by atoms with Crippen LogP contribution in [-0.4, -0.2) is 40.5 Å². The summed E-state index contributed by atoms with van der Waals surface area (Å²) in [7, 11) is 0. The summed E-state index contributed by atoms with van der Waals surface area (Å²) < 4.78 is 0. The maximum atomic E-state index is 8.48. The van der Waals surface area contributed by atoms with Crippen molar-refractivity contribution in [1.29, 1.82) is 5.41 Å². The maximum absolute atomic E-state index is 8.48. The number of rotatable bonds is 2. The van der Waals surface area contributed by atoms with Crippen molar-refractivity contribution in [3.05, 3.63) is 0 Å². The van der Waals surface area contributed by atoms with Gasteiger partial charge < -0.3 is 21.7 Å². The van der Waals surface area contributed by atoms with Gasteiger partial charge in [0.1, 0.15) is 13.5 Å². The molecule has 0 rings (SSSR count). The van der Waals surface area contributed by atoms with Crippen molar-refractivity contribution >= 4 is 11.9 Å². The van der Waals surface area contributed by atoms with Crippen LogP contribution in [0.15, 0.2) is 4.99 Å². The highest BCUT2D eigenvalue weighted by Gasteiger charge is 2.04. The van der Waals surface area contributed by atoms with E-state index in [1.54, 1.807) is 0 Å². The number of guanidine groups is 2. The minimum absolute atomic E-state index is 0.290. The van der Waals surface area contributed by atoms with E-state index in [9.17, 15) is 0 Å². The molecule has 0 saturated heterocycles. The lowest BCUT2D eigenvalue weighted by Crippen LogP contribution is -2.34. The molecule has 0 heterocycles. The first-order valence-electron chi connectivity index (χ1n) is 2.76. The summed E-state index contributed by atoms with van der Waals surface area (Å²) in [6.45, 7) is -1.02. The summed E-state index contributed by atoms with van der Waals surface area (Å²) >= 11 is 0. The number of nitrogens with one attached hydrogen (secondary N) is 1. The molecule has 0 bridgehead atoms. The monoisotopic (exact) mass is 161 g/mol. The number of hydrogen-bond donors (Lipinski definition) is 5. The third kappa shape index (κ3) is 3.38. The fraction of sp³-hybridized carbons (Fsp3) is 0.500. The molecular formula is C4H11N5O2. The van der Waals surface area contributed by atoms with E-state index in [1.807, 2.05) is 0 Å². The zero-order valence-corrected chi connectivity index (χ0v) is 5.86. The molecule has 0 spiro atoms. The molecule has 0 radical (unpaired) electrons. The van der Waals surface area contributed by atoms with Crippen LogP contribution in [0.2, 0.25) is 0 Å². The van der Waals surface area contributed by atoms with Gasteiger partial charge in [0.05, 0.1) is 0 Å². The largest absolute Gasteiger partial charge is 0.376 e. The topological polar surface area (TPSA) is 132 Å². The molecule has 64 valence electrons. The average molecular weight is 161 g/mol. The summed E-state index contributed by atoms with van der Waals surface area (Å²) in [6.07, 6.45) is 0. The second-order valence-electron chi connectivity index (χ2n) is 1.68. The van der Waals surface area contributed by atoms with Gasteiger partial charge in [0.15, 0.2) is 5.96 Å². The van der Waals surface area contributed by atoms with E-state index in [2.05, 4.69) is 4.99 Å². The highest BCUT2D eigenvalue weighted by atomic mass is 16.3. The van der Waals surface area contributed by atoms with Crippen LogP contribution in [0.4, 0.5) is 0 Å². The van der Waals surface area contributed by atoms with Gasteiger partial charge in [-0.25, -0.2) is 0 Å². The molecule has 0 aliphatic rings. The Morgan fingerprint density at radius 3 is 2.09 bits per heavy atom. The lowest BCUT2D eigenvalue weighted by molar-refractivity contribution is 0.0844. The van der Waals surface area contributed by atoms with E-state index in [0.29, 0.717) is 0 Å². The molecular weight excluding hydrogens is 150 g/mol. The third-order valence-corrected chi connectivity index (χ3v) is 0.876. The summed E-state index contributed by atoms with van der Waals surface area (Å²) in [4.78, 5) is 4.14. The Morgan fingerprint density at radius 1 is 1.36 bits per heavy atom. The van der Waals surface area contributed by atoms with Gasteiger partial charge >= 0.3 is 0 Å². The van der Waals surface area contributed by atoms with E-state index in [1.165, 1.54) is 0 Å². The highest BCUT2D eigenvalue weighted by Crippen LogP contribution is 1.86. The summed E-state index contributed by atoms with van der Waals surface area (Å²) in [5.41, 5.74) is 9.88. The Balaban J connectivity index is 4.11. The quantitative estimate of drug-likeness (QED) is 0.172. The third-order valence-electron chi connectivity index (χ3n) is 0.876. The summed E-state index contributed by atoms with van der Waals surface area (Å²) in [6, 6.07) is 0. The number of aliphatic hydroxyl groups is 2. The fourth-order valence-electron chi connectivity index (χ4n) is 0.372. The van der Waals surface area contributed by atoms with Gasteiger partial charge in [-0.15, -0.1) is 0 Å². The highest BCUT2D eigenvalue weighted by molar-refractivity contribution is 5.91. The predicted octanol–water partition coefficient (Wildman–Crippen LogP) is -2.60. The van der Waals surface area contributed by atoms with Crippen molar-refractivity contribution in [2.75, 3.05) is 13.5 Å². The second-order valence-corrected chi connectivity index (χ2v) is 1.68. The van der Waals surface area contributed by atoms with E-state index >= 15 is 0 Å². The lowest BCUT2D eigenvalue weighted by Gasteiger charge is -2.15. The number of aliphatic hydroxyl groups excluding tert-OH is 2. The number of hydrogen-bond acceptors (Lipinski definition) is 3. The second kappa shape index (κ2) is 4.47. The van der Waals surface area contributed by atoms with Crippen molar-refractivity contribution < 1.29 is 10.2 Å². The average Bonchev–Trinajstić information content (AvgIpc) is 1.88. The van der Waals surface area contributed by atoms with Gasteiger partial charge in [-0.05, 0) is 0 Å². The lowest BCUT2D eigenvalue weighted by atomic mass is 10.7. The van der Waals surface area contributed by atoms with Crippen LogP contribution in [0.1, 0.15) is 0 Å². The molecule has 7 N–H and O–H groups in total. The normalized spacial score (nSPS) is 8.91. The van der Waals surface area contributed by atoms with Crippen LogP contribution in [0, 0.1) is 5.41 Å². The van der Waals surface area contributed by atoms with Crippen molar-refractivity contribution in [1.82, 2.24) is 4.90 Å². The van der Waals surface area contributed by atoms with E-state index in [4.69, 9.17) is 27.1 Å². The number of nitrogens with zero attached hydrogens (tertiary/aromatic N) is 2. The van der Waals surface area contributed by atoms with Crippen molar-refractivity contribution in [3.63, 3.8) is 0 Å². The minimum Gasteiger partial charge on any atom is -0.376 e. The van der Waals surface area contributed by atoms with Crippen LogP contribution >= 0.6 is 0 Å². The zero-order chi connectivity index (χ0) is 8.85. The molecule has 7 nitrogen and oxygen atoms in total. The van der Waals surface area contributed by atoms with Gasteiger partial charge in [-0.1, -0.05) is 0 Å². The molecule has 0 aliphatic carbocycles. The SMILES string of the molecule is N=C(N=C(N)N)N(CO)CO. The van der Waals surface area contributed by atoms with Crippen LogP contribution in [-0.2, 0) is 0 Å².